The van der Waals surface area contributed by atoms with E-state index in [-0.39, 0.29) is 11.2 Å². The first-order valence-corrected chi connectivity index (χ1v) is 10.4. The number of aromatic nitrogens is 6. The smallest absolute Gasteiger partial charge is 0.332 e. The van der Waals surface area contributed by atoms with Crippen molar-refractivity contribution in [2.75, 3.05) is 18.5 Å². The summed E-state index contributed by atoms with van der Waals surface area (Å²) in [6.07, 6.45) is 2.20. The Hall–Kier alpha value is -3.73. The molecule has 0 saturated carbocycles. The molecule has 1 aromatic carbocycles. The van der Waals surface area contributed by atoms with Crippen LogP contribution in [0.5, 0.6) is 0 Å². The maximum atomic E-state index is 12.9. The molecule has 0 radical (unpaired) electrons. The average Bonchev–Trinajstić information content (AvgIpc) is 3.33. The number of hydrogen-bond donors (Lipinski definition) is 1. The number of fused-ring (bicyclic) bond motifs is 2. The number of ether oxygens (including phenoxy) is 1. The van der Waals surface area contributed by atoms with Crippen LogP contribution in [0.2, 0.25) is 0 Å². The summed E-state index contributed by atoms with van der Waals surface area (Å²) in [6.45, 7) is 3.33. The van der Waals surface area contributed by atoms with Crippen molar-refractivity contribution in [3.05, 3.63) is 51.4 Å². The maximum absolute atomic E-state index is 12.9. The largest absolute Gasteiger partial charge is 0.382 e. The van der Waals surface area contributed by atoms with Gasteiger partial charge in [-0.3, -0.25) is 19.5 Å². The number of amides is 1. The van der Waals surface area contributed by atoms with Gasteiger partial charge < -0.3 is 13.9 Å². The van der Waals surface area contributed by atoms with Gasteiger partial charge in [0.25, 0.3) is 5.56 Å². The number of carbonyl (C=O) groups excluding carboxylic acids is 1. The van der Waals surface area contributed by atoms with Gasteiger partial charge in [0.15, 0.2) is 11.2 Å². The van der Waals surface area contributed by atoms with Crippen LogP contribution >= 0.6 is 0 Å². The lowest BCUT2D eigenvalue weighted by Crippen LogP contribution is -2.42. The minimum atomic E-state index is -0.610. The van der Waals surface area contributed by atoms with E-state index in [1.165, 1.54) is 22.5 Å². The summed E-state index contributed by atoms with van der Waals surface area (Å²) in [5.74, 6) is -0.161. The van der Waals surface area contributed by atoms with Crippen LogP contribution in [0.4, 0.5) is 5.95 Å². The molecule has 1 N–H and O–H groups in total. The summed E-state index contributed by atoms with van der Waals surface area (Å²) in [5.41, 5.74) is 0.968. The summed E-state index contributed by atoms with van der Waals surface area (Å²) in [7, 11) is 3.18. The fourth-order valence-electron chi connectivity index (χ4n) is 3.71. The molecule has 3 heterocycles. The third kappa shape index (κ3) is 3.82. The zero-order valence-electron chi connectivity index (χ0n) is 18.2. The maximum Gasteiger partial charge on any atom is 0.332 e. The molecule has 4 aromatic rings. The molecule has 168 valence electrons. The van der Waals surface area contributed by atoms with Gasteiger partial charge in [-0.05, 0) is 25.5 Å². The first kappa shape index (κ1) is 21.5. The van der Waals surface area contributed by atoms with Crippen molar-refractivity contribution in [1.29, 1.82) is 0 Å². The molecular formula is C21H25N7O4. The molecule has 32 heavy (non-hydrogen) atoms. The highest BCUT2D eigenvalue weighted by molar-refractivity contribution is 5.91. The normalized spacial score (nSPS) is 11.5. The van der Waals surface area contributed by atoms with Crippen molar-refractivity contribution in [3.63, 3.8) is 0 Å². The van der Waals surface area contributed by atoms with Crippen molar-refractivity contribution in [2.24, 2.45) is 14.1 Å². The van der Waals surface area contributed by atoms with Crippen LogP contribution in [-0.2, 0) is 36.7 Å². The van der Waals surface area contributed by atoms with Crippen molar-refractivity contribution < 1.29 is 9.53 Å². The van der Waals surface area contributed by atoms with E-state index in [0.29, 0.717) is 25.7 Å². The molecule has 0 bridgehead atoms. The first-order chi connectivity index (χ1) is 15.4. The Morgan fingerprint density at radius 2 is 1.94 bits per heavy atom. The van der Waals surface area contributed by atoms with Gasteiger partial charge in [-0.15, -0.1) is 0 Å². The van der Waals surface area contributed by atoms with Gasteiger partial charge in [-0.1, -0.05) is 12.1 Å². The topological polar surface area (TPSA) is 118 Å². The fraction of sp³-hybridized carbons (Fsp3) is 0.381. The SMILES string of the molecule is CCOCCCn1c(NC(=O)Cn2c(=O)c3c(ncn3C)n(C)c2=O)nc2ccccc21. The van der Waals surface area contributed by atoms with Gasteiger partial charge in [0.05, 0.1) is 17.4 Å². The molecule has 11 heteroatoms. The Bertz CT molecular complexity index is 1410. The highest BCUT2D eigenvalue weighted by Crippen LogP contribution is 2.20. The van der Waals surface area contributed by atoms with E-state index < -0.39 is 23.7 Å². The second-order valence-corrected chi connectivity index (χ2v) is 7.43. The van der Waals surface area contributed by atoms with Gasteiger partial charge in [-0.25, -0.2) is 19.3 Å². The summed E-state index contributed by atoms with van der Waals surface area (Å²) in [5, 5.41) is 2.76. The summed E-state index contributed by atoms with van der Waals surface area (Å²) in [6, 6.07) is 7.56. The Morgan fingerprint density at radius 3 is 2.72 bits per heavy atom. The van der Waals surface area contributed by atoms with Crippen LogP contribution in [0.3, 0.4) is 0 Å². The number of benzene rings is 1. The lowest BCUT2D eigenvalue weighted by Gasteiger charge is -2.11. The van der Waals surface area contributed by atoms with E-state index in [2.05, 4.69) is 15.3 Å². The van der Waals surface area contributed by atoms with E-state index in [0.717, 1.165) is 22.0 Å². The second-order valence-electron chi connectivity index (χ2n) is 7.43. The molecule has 0 aliphatic carbocycles. The minimum absolute atomic E-state index is 0.253. The molecule has 0 aliphatic rings. The standard InChI is InChI=1S/C21H25N7O4/c1-4-32-11-7-10-27-15-9-6-5-8-14(15)23-20(27)24-16(29)12-28-19(30)17-18(22-13-25(17)2)26(3)21(28)31/h5-6,8-9,13H,4,7,10-12H2,1-3H3,(H,23,24,29). The lowest BCUT2D eigenvalue weighted by molar-refractivity contribution is -0.116. The third-order valence-electron chi connectivity index (χ3n) is 5.28. The Balaban J connectivity index is 1.63. The number of rotatable bonds is 8. The summed E-state index contributed by atoms with van der Waals surface area (Å²) >= 11 is 0. The number of imidazole rings is 2. The van der Waals surface area contributed by atoms with Gasteiger partial charge in [0.1, 0.15) is 6.54 Å². The van der Waals surface area contributed by atoms with Crippen molar-refractivity contribution in [2.45, 2.75) is 26.4 Å². The highest BCUT2D eigenvalue weighted by atomic mass is 16.5. The second kappa shape index (κ2) is 8.79. The van der Waals surface area contributed by atoms with Crippen LogP contribution in [0.1, 0.15) is 13.3 Å². The van der Waals surface area contributed by atoms with Crippen LogP contribution in [0.25, 0.3) is 22.2 Å². The predicted octanol–water partition coefficient (Wildman–Crippen LogP) is 0.849. The van der Waals surface area contributed by atoms with Gasteiger partial charge in [0.2, 0.25) is 11.9 Å². The number of carbonyl (C=O) groups is 1. The van der Waals surface area contributed by atoms with E-state index in [1.807, 2.05) is 35.8 Å². The van der Waals surface area contributed by atoms with Gasteiger partial charge >= 0.3 is 5.69 Å². The Kier molecular flexibility index (Phi) is 5.91. The Labute approximate surface area is 182 Å². The van der Waals surface area contributed by atoms with Crippen molar-refractivity contribution in [1.82, 2.24) is 28.2 Å². The molecule has 0 spiro atoms. The van der Waals surface area contributed by atoms with Crippen LogP contribution in [0.15, 0.2) is 40.2 Å². The molecular weight excluding hydrogens is 414 g/mol. The van der Waals surface area contributed by atoms with E-state index in [1.54, 1.807) is 7.05 Å². The molecule has 0 atom stereocenters. The quantitative estimate of drug-likeness (QED) is 0.407. The molecule has 0 saturated heterocycles. The molecule has 11 nitrogen and oxygen atoms in total. The zero-order valence-corrected chi connectivity index (χ0v) is 18.2. The van der Waals surface area contributed by atoms with Gasteiger partial charge in [0, 0.05) is 33.9 Å². The van der Waals surface area contributed by atoms with Crippen LogP contribution < -0.4 is 16.6 Å². The molecule has 3 aromatic heterocycles. The van der Waals surface area contributed by atoms with E-state index in [4.69, 9.17) is 4.74 Å². The fourth-order valence-corrected chi connectivity index (χ4v) is 3.71. The number of aryl methyl sites for hydroxylation is 3. The first-order valence-electron chi connectivity index (χ1n) is 10.4. The minimum Gasteiger partial charge on any atom is -0.382 e. The van der Waals surface area contributed by atoms with Crippen molar-refractivity contribution in [3.8, 4) is 0 Å². The predicted molar refractivity (Wildman–Crippen MR) is 120 cm³/mol. The van der Waals surface area contributed by atoms with Crippen LogP contribution in [-0.4, -0.2) is 47.4 Å². The third-order valence-corrected chi connectivity index (χ3v) is 5.28. The molecule has 0 unspecified atom stereocenters. The Morgan fingerprint density at radius 1 is 1.16 bits per heavy atom. The monoisotopic (exact) mass is 439 g/mol. The lowest BCUT2D eigenvalue weighted by atomic mass is 10.3. The molecule has 0 fully saturated rings. The van der Waals surface area contributed by atoms with E-state index >= 15 is 0 Å². The van der Waals surface area contributed by atoms with E-state index in [9.17, 15) is 14.4 Å². The molecule has 1 amide bonds. The molecule has 4 rings (SSSR count). The average molecular weight is 439 g/mol. The number of nitrogens with one attached hydrogen (secondary N) is 1. The summed E-state index contributed by atoms with van der Waals surface area (Å²) < 4.78 is 11.0. The number of nitrogens with zero attached hydrogens (tertiary/aromatic N) is 6. The van der Waals surface area contributed by atoms with Crippen LogP contribution in [0, 0.1) is 0 Å². The highest BCUT2D eigenvalue weighted by Gasteiger charge is 2.19. The number of para-hydroxylation sites is 2. The number of hydrogen-bond acceptors (Lipinski definition) is 6. The van der Waals surface area contributed by atoms with Gasteiger partial charge in [-0.2, -0.15) is 0 Å². The summed E-state index contributed by atoms with van der Waals surface area (Å²) in [4.78, 5) is 47.0. The zero-order chi connectivity index (χ0) is 22.8. The molecule has 0 aliphatic heterocycles. The van der Waals surface area contributed by atoms with Crippen molar-refractivity contribution >= 4 is 34.1 Å². The number of anilines is 1.